The standard InChI is InChI=1S/C15H21N5/c1-11-13(17-10-18-14(11)20-16)19-15(2,3)9-12-7-5-4-6-8-12/h4-8,10H,9,16H2,1-3H3,(H2,17,18,19,20). The molecule has 20 heavy (non-hydrogen) atoms. The lowest BCUT2D eigenvalue weighted by Crippen LogP contribution is -2.34. The van der Waals surface area contributed by atoms with Crippen molar-refractivity contribution in [2.24, 2.45) is 5.84 Å². The normalized spacial score (nSPS) is 11.2. The monoisotopic (exact) mass is 271 g/mol. The lowest BCUT2D eigenvalue weighted by molar-refractivity contribution is 0.561. The van der Waals surface area contributed by atoms with Gasteiger partial charge in [0.15, 0.2) is 0 Å². The van der Waals surface area contributed by atoms with Crippen molar-refractivity contribution >= 4 is 11.6 Å². The van der Waals surface area contributed by atoms with Gasteiger partial charge in [-0.2, -0.15) is 0 Å². The van der Waals surface area contributed by atoms with E-state index < -0.39 is 0 Å². The fraction of sp³-hybridized carbons (Fsp3) is 0.333. The number of hydrogen-bond donors (Lipinski definition) is 3. The Balaban J connectivity index is 2.16. The van der Waals surface area contributed by atoms with Gasteiger partial charge >= 0.3 is 0 Å². The van der Waals surface area contributed by atoms with Gasteiger partial charge in [0.25, 0.3) is 0 Å². The molecule has 0 amide bonds. The zero-order valence-corrected chi connectivity index (χ0v) is 12.1. The van der Waals surface area contributed by atoms with Gasteiger partial charge in [0.05, 0.1) is 0 Å². The summed E-state index contributed by atoms with van der Waals surface area (Å²) in [6.45, 7) is 6.24. The summed E-state index contributed by atoms with van der Waals surface area (Å²) in [6.07, 6.45) is 2.41. The topological polar surface area (TPSA) is 75.9 Å². The molecule has 0 bridgehead atoms. The van der Waals surface area contributed by atoms with Gasteiger partial charge in [-0.1, -0.05) is 30.3 Å². The molecule has 2 rings (SSSR count). The third-order valence-corrected chi connectivity index (χ3v) is 3.17. The highest BCUT2D eigenvalue weighted by molar-refractivity contribution is 5.56. The minimum atomic E-state index is -0.119. The van der Waals surface area contributed by atoms with E-state index in [0.717, 1.165) is 17.8 Å². The Hall–Kier alpha value is -2.14. The number of nitrogens with zero attached hydrogens (tertiary/aromatic N) is 2. The molecule has 0 aliphatic rings. The van der Waals surface area contributed by atoms with Crippen LogP contribution >= 0.6 is 0 Å². The van der Waals surface area contributed by atoms with Crippen molar-refractivity contribution in [3.8, 4) is 0 Å². The van der Waals surface area contributed by atoms with Crippen molar-refractivity contribution in [1.82, 2.24) is 9.97 Å². The Morgan fingerprint density at radius 3 is 2.40 bits per heavy atom. The molecule has 5 heteroatoms. The Morgan fingerprint density at radius 2 is 1.75 bits per heavy atom. The highest BCUT2D eigenvalue weighted by Gasteiger charge is 2.20. The van der Waals surface area contributed by atoms with Crippen molar-refractivity contribution in [2.45, 2.75) is 32.7 Å². The first-order valence-electron chi connectivity index (χ1n) is 6.62. The molecule has 0 fully saturated rings. The van der Waals surface area contributed by atoms with Crippen molar-refractivity contribution in [2.75, 3.05) is 10.7 Å². The van der Waals surface area contributed by atoms with E-state index >= 15 is 0 Å². The SMILES string of the molecule is Cc1c(NN)ncnc1NC(C)(C)Cc1ccccc1. The second-order valence-corrected chi connectivity index (χ2v) is 5.51. The van der Waals surface area contributed by atoms with Crippen molar-refractivity contribution in [1.29, 1.82) is 0 Å². The van der Waals surface area contributed by atoms with Crippen LogP contribution in [0.1, 0.15) is 25.0 Å². The van der Waals surface area contributed by atoms with Crippen molar-refractivity contribution < 1.29 is 0 Å². The van der Waals surface area contributed by atoms with Crippen molar-refractivity contribution in [3.05, 3.63) is 47.8 Å². The van der Waals surface area contributed by atoms with E-state index in [1.54, 1.807) is 0 Å². The lowest BCUT2D eigenvalue weighted by atomic mass is 9.95. The first-order valence-corrected chi connectivity index (χ1v) is 6.62. The molecule has 0 spiro atoms. The van der Waals surface area contributed by atoms with Crippen LogP contribution in [-0.2, 0) is 6.42 Å². The number of hydrogen-bond acceptors (Lipinski definition) is 5. The number of nitrogens with two attached hydrogens (primary N) is 1. The zero-order chi connectivity index (χ0) is 14.6. The van der Waals surface area contributed by atoms with E-state index in [1.807, 2.05) is 13.0 Å². The molecule has 0 radical (unpaired) electrons. The molecule has 0 saturated carbocycles. The van der Waals surface area contributed by atoms with Crippen LogP contribution in [0.5, 0.6) is 0 Å². The van der Waals surface area contributed by atoms with Crippen LogP contribution in [0.25, 0.3) is 0 Å². The first kappa shape index (κ1) is 14.3. The summed E-state index contributed by atoms with van der Waals surface area (Å²) >= 11 is 0. The van der Waals surface area contributed by atoms with Gasteiger partial charge in [-0.25, -0.2) is 15.8 Å². The molecule has 0 atom stereocenters. The smallest absolute Gasteiger partial charge is 0.148 e. The number of benzene rings is 1. The van der Waals surface area contributed by atoms with Crippen LogP contribution in [0.15, 0.2) is 36.7 Å². The minimum absolute atomic E-state index is 0.119. The molecule has 106 valence electrons. The van der Waals surface area contributed by atoms with E-state index in [1.165, 1.54) is 11.9 Å². The summed E-state index contributed by atoms with van der Waals surface area (Å²) < 4.78 is 0. The molecule has 0 unspecified atom stereocenters. The van der Waals surface area contributed by atoms with E-state index in [9.17, 15) is 0 Å². The maximum absolute atomic E-state index is 5.44. The average molecular weight is 271 g/mol. The zero-order valence-electron chi connectivity index (χ0n) is 12.1. The highest BCUT2D eigenvalue weighted by Crippen LogP contribution is 2.23. The summed E-state index contributed by atoms with van der Waals surface area (Å²) in [6, 6.07) is 10.4. The fourth-order valence-corrected chi connectivity index (χ4v) is 2.19. The van der Waals surface area contributed by atoms with Crippen LogP contribution in [0.3, 0.4) is 0 Å². The van der Waals surface area contributed by atoms with Gasteiger partial charge in [0.2, 0.25) is 0 Å². The number of nitrogen functional groups attached to an aromatic ring is 1. The van der Waals surface area contributed by atoms with Crippen LogP contribution in [0, 0.1) is 6.92 Å². The van der Waals surface area contributed by atoms with Crippen LogP contribution in [0.4, 0.5) is 11.6 Å². The molecule has 2 aromatic rings. The second kappa shape index (κ2) is 5.88. The predicted octanol–water partition coefficient (Wildman–Crippen LogP) is 2.50. The molecule has 1 aromatic heterocycles. The van der Waals surface area contributed by atoms with E-state index in [-0.39, 0.29) is 5.54 Å². The molecule has 0 saturated heterocycles. The third-order valence-electron chi connectivity index (χ3n) is 3.17. The van der Waals surface area contributed by atoms with Crippen LogP contribution < -0.4 is 16.6 Å². The van der Waals surface area contributed by atoms with Crippen LogP contribution in [0.2, 0.25) is 0 Å². The molecule has 5 nitrogen and oxygen atoms in total. The third kappa shape index (κ3) is 3.45. The molecule has 1 aromatic carbocycles. The van der Waals surface area contributed by atoms with Gasteiger partial charge in [-0.15, -0.1) is 0 Å². The number of rotatable bonds is 5. The van der Waals surface area contributed by atoms with Crippen LogP contribution in [-0.4, -0.2) is 15.5 Å². The highest BCUT2D eigenvalue weighted by atomic mass is 15.3. The summed E-state index contributed by atoms with van der Waals surface area (Å²) in [5.41, 5.74) is 4.66. The fourth-order valence-electron chi connectivity index (χ4n) is 2.19. The summed E-state index contributed by atoms with van der Waals surface area (Å²) in [5, 5.41) is 3.46. The van der Waals surface area contributed by atoms with Gasteiger partial charge in [0, 0.05) is 11.1 Å². The quantitative estimate of drug-likeness (QED) is 0.575. The van der Waals surface area contributed by atoms with Crippen molar-refractivity contribution in [3.63, 3.8) is 0 Å². The van der Waals surface area contributed by atoms with Gasteiger partial charge in [0.1, 0.15) is 18.0 Å². The second-order valence-electron chi connectivity index (χ2n) is 5.51. The Kier molecular flexibility index (Phi) is 4.20. The van der Waals surface area contributed by atoms with E-state index in [0.29, 0.717) is 5.82 Å². The predicted molar refractivity (Wildman–Crippen MR) is 82.4 cm³/mol. The van der Waals surface area contributed by atoms with E-state index in [2.05, 4.69) is 58.8 Å². The molecule has 0 aliphatic heterocycles. The average Bonchev–Trinajstić information content (AvgIpc) is 2.41. The maximum Gasteiger partial charge on any atom is 0.148 e. The van der Waals surface area contributed by atoms with E-state index in [4.69, 9.17) is 5.84 Å². The maximum atomic E-state index is 5.44. The van der Waals surface area contributed by atoms with Gasteiger partial charge < -0.3 is 10.7 Å². The molecule has 4 N–H and O–H groups in total. The molecular weight excluding hydrogens is 250 g/mol. The number of aromatic nitrogens is 2. The molecule has 1 heterocycles. The number of hydrazine groups is 1. The number of anilines is 2. The first-order chi connectivity index (χ1) is 9.52. The van der Waals surface area contributed by atoms with Gasteiger partial charge in [-0.05, 0) is 32.8 Å². The summed E-state index contributed by atoms with van der Waals surface area (Å²) in [7, 11) is 0. The Labute approximate surface area is 119 Å². The minimum Gasteiger partial charge on any atom is -0.364 e. The summed E-state index contributed by atoms with van der Waals surface area (Å²) in [5.74, 6) is 6.88. The van der Waals surface area contributed by atoms with Gasteiger partial charge in [-0.3, -0.25) is 0 Å². The molecule has 0 aliphatic carbocycles. The molecular formula is C15H21N5. The summed E-state index contributed by atoms with van der Waals surface area (Å²) in [4.78, 5) is 8.38. The largest absolute Gasteiger partial charge is 0.364 e. The lowest BCUT2D eigenvalue weighted by Gasteiger charge is -2.28. The Morgan fingerprint density at radius 1 is 1.10 bits per heavy atom. The Bertz CT molecular complexity index is 566. The number of nitrogens with one attached hydrogen (secondary N) is 2.